The van der Waals surface area contributed by atoms with Crippen molar-refractivity contribution in [3.05, 3.63) is 29.8 Å². The number of hydrogen-bond donors (Lipinski definition) is 2. The quantitative estimate of drug-likeness (QED) is 0.747. The average molecular weight is 398 g/mol. The molecule has 1 heterocycles. The SMILES string of the molecule is CC1CN(S(=O)(=O)c2ccc(C(=O)NCC(C)(C)C(=O)O)cc2)CC(C)O1. The Bertz CT molecular complexity index is 794. The van der Waals surface area contributed by atoms with Crippen LogP contribution in [0.2, 0.25) is 0 Å². The highest BCUT2D eigenvalue weighted by Crippen LogP contribution is 2.21. The smallest absolute Gasteiger partial charge is 0.310 e. The third-order valence-corrected chi connectivity index (χ3v) is 6.26. The highest BCUT2D eigenvalue weighted by molar-refractivity contribution is 7.89. The fourth-order valence-corrected chi connectivity index (χ4v) is 4.32. The first-order chi connectivity index (χ1) is 12.4. The van der Waals surface area contributed by atoms with Crippen LogP contribution in [0, 0.1) is 5.41 Å². The van der Waals surface area contributed by atoms with E-state index in [1.165, 1.54) is 42.4 Å². The monoisotopic (exact) mass is 398 g/mol. The lowest BCUT2D eigenvalue weighted by Crippen LogP contribution is -2.48. The van der Waals surface area contributed by atoms with Gasteiger partial charge in [0.15, 0.2) is 0 Å². The molecule has 0 aliphatic carbocycles. The molecule has 1 amide bonds. The highest BCUT2D eigenvalue weighted by Gasteiger charge is 2.32. The van der Waals surface area contributed by atoms with E-state index in [1.807, 2.05) is 13.8 Å². The van der Waals surface area contributed by atoms with Crippen molar-refractivity contribution < 1.29 is 27.9 Å². The van der Waals surface area contributed by atoms with Crippen LogP contribution < -0.4 is 5.32 Å². The summed E-state index contributed by atoms with van der Waals surface area (Å²) in [5.41, 5.74) is -0.832. The van der Waals surface area contributed by atoms with Crippen molar-refractivity contribution in [1.82, 2.24) is 9.62 Å². The van der Waals surface area contributed by atoms with E-state index >= 15 is 0 Å². The summed E-state index contributed by atoms with van der Waals surface area (Å²) in [6.45, 7) is 7.18. The molecule has 1 aromatic carbocycles. The van der Waals surface area contributed by atoms with Crippen molar-refractivity contribution in [2.45, 2.75) is 44.8 Å². The fraction of sp³-hybridized carbons (Fsp3) is 0.556. The number of carbonyl (C=O) groups excluding carboxylic acids is 1. The van der Waals surface area contributed by atoms with Crippen LogP contribution in [0.1, 0.15) is 38.1 Å². The van der Waals surface area contributed by atoms with Crippen LogP contribution in [0.5, 0.6) is 0 Å². The van der Waals surface area contributed by atoms with Crippen LogP contribution >= 0.6 is 0 Å². The van der Waals surface area contributed by atoms with Gasteiger partial charge >= 0.3 is 5.97 Å². The predicted octanol–water partition coefficient (Wildman–Crippen LogP) is 1.33. The summed E-state index contributed by atoms with van der Waals surface area (Å²) in [5, 5.41) is 11.6. The molecule has 1 aliphatic rings. The minimum atomic E-state index is -3.67. The minimum absolute atomic E-state index is 0.0369. The van der Waals surface area contributed by atoms with E-state index in [0.29, 0.717) is 0 Å². The minimum Gasteiger partial charge on any atom is -0.481 e. The van der Waals surface area contributed by atoms with Crippen molar-refractivity contribution in [2.75, 3.05) is 19.6 Å². The van der Waals surface area contributed by atoms with Gasteiger partial charge in [-0.25, -0.2) is 8.42 Å². The molecule has 2 atom stereocenters. The Kier molecular flexibility index (Phi) is 6.28. The lowest BCUT2D eigenvalue weighted by atomic mass is 9.94. The molecular formula is C18H26N2O6S. The highest BCUT2D eigenvalue weighted by atomic mass is 32.2. The number of benzene rings is 1. The average Bonchev–Trinajstić information content (AvgIpc) is 2.59. The van der Waals surface area contributed by atoms with Crippen molar-refractivity contribution in [3.63, 3.8) is 0 Å². The van der Waals surface area contributed by atoms with Gasteiger partial charge in [0.1, 0.15) is 0 Å². The largest absolute Gasteiger partial charge is 0.481 e. The van der Waals surface area contributed by atoms with Crippen LogP contribution in [0.25, 0.3) is 0 Å². The molecule has 0 spiro atoms. The third kappa shape index (κ3) is 5.06. The predicted molar refractivity (Wildman–Crippen MR) is 99.0 cm³/mol. The first-order valence-corrected chi connectivity index (χ1v) is 10.1. The summed E-state index contributed by atoms with van der Waals surface area (Å²) in [5.74, 6) is -1.47. The molecule has 0 aromatic heterocycles. The van der Waals surface area contributed by atoms with Crippen molar-refractivity contribution in [2.24, 2.45) is 5.41 Å². The number of carbonyl (C=O) groups is 2. The van der Waals surface area contributed by atoms with Gasteiger partial charge in [0.2, 0.25) is 10.0 Å². The molecule has 2 N–H and O–H groups in total. The lowest BCUT2D eigenvalue weighted by molar-refractivity contribution is -0.146. The van der Waals surface area contributed by atoms with Gasteiger partial charge in [-0.2, -0.15) is 4.31 Å². The van der Waals surface area contributed by atoms with Crippen molar-refractivity contribution in [3.8, 4) is 0 Å². The summed E-state index contributed by atoms with van der Waals surface area (Å²) in [6, 6.07) is 5.61. The number of ether oxygens (including phenoxy) is 1. The molecule has 8 nitrogen and oxygen atoms in total. The number of sulfonamides is 1. The summed E-state index contributed by atoms with van der Waals surface area (Å²) < 4.78 is 32.5. The van der Waals surface area contributed by atoms with Gasteiger partial charge in [0, 0.05) is 25.2 Å². The molecule has 150 valence electrons. The number of rotatable bonds is 6. The second-order valence-corrected chi connectivity index (χ2v) is 9.41. The van der Waals surface area contributed by atoms with Crippen LogP contribution in [-0.4, -0.2) is 61.5 Å². The summed E-state index contributed by atoms with van der Waals surface area (Å²) >= 11 is 0. The molecule has 1 aromatic rings. The van der Waals surface area contributed by atoms with E-state index in [2.05, 4.69) is 5.32 Å². The summed E-state index contributed by atoms with van der Waals surface area (Å²) in [7, 11) is -3.67. The molecule has 2 unspecified atom stereocenters. The number of carboxylic acids is 1. The molecule has 2 rings (SSSR count). The second-order valence-electron chi connectivity index (χ2n) is 7.48. The molecule has 1 aliphatic heterocycles. The van der Waals surface area contributed by atoms with Gasteiger partial charge in [0.25, 0.3) is 5.91 Å². The Balaban J connectivity index is 2.10. The Hall–Kier alpha value is -1.97. The first-order valence-electron chi connectivity index (χ1n) is 8.71. The zero-order valence-electron chi connectivity index (χ0n) is 15.9. The number of morpholine rings is 1. The van der Waals surface area contributed by atoms with Gasteiger partial charge in [-0.05, 0) is 52.0 Å². The van der Waals surface area contributed by atoms with Gasteiger partial charge in [-0.15, -0.1) is 0 Å². The van der Waals surface area contributed by atoms with E-state index in [4.69, 9.17) is 9.84 Å². The standard InChI is InChI=1S/C18H26N2O6S/c1-12-9-20(10-13(2)26-12)27(24,25)15-7-5-14(6-8-15)16(21)19-11-18(3,4)17(22)23/h5-8,12-13H,9-11H2,1-4H3,(H,19,21)(H,22,23). The molecular weight excluding hydrogens is 372 g/mol. The van der Waals surface area contributed by atoms with Crippen molar-refractivity contribution in [1.29, 1.82) is 0 Å². The van der Waals surface area contributed by atoms with E-state index < -0.39 is 27.3 Å². The Morgan fingerprint density at radius 1 is 1.19 bits per heavy atom. The zero-order valence-corrected chi connectivity index (χ0v) is 16.7. The van der Waals surface area contributed by atoms with Crippen LogP contribution in [-0.2, 0) is 19.6 Å². The maximum absolute atomic E-state index is 12.8. The van der Waals surface area contributed by atoms with Crippen LogP contribution in [0.4, 0.5) is 0 Å². The number of amides is 1. The lowest BCUT2D eigenvalue weighted by Gasteiger charge is -2.34. The van der Waals surface area contributed by atoms with Gasteiger partial charge in [0.05, 0.1) is 22.5 Å². The van der Waals surface area contributed by atoms with Crippen LogP contribution in [0.3, 0.4) is 0 Å². The number of nitrogens with one attached hydrogen (secondary N) is 1. The molecule has 1 fully saturated rings. The van der Waals surface area contributed by atoms with Gasteiger partial charge in [-0.3, -0.25) is 9.59 Å². The third-order valence-electron chi connectivity index (χ3n) is 4.41. The van der Waals surface area contributed by atoms with E-state index in [9.17, 15) is 18.0 Å². The molecule has 0 bridgehead atoms. The Labute approximate surface area is 159 Å². The topological polar surface area (TPSA) is 113 Å². The number of carboxylic acid groups (broad SMARTS) is 1. The van der Waals surface area contributed by atoms with Crippen LogP contribution in [0.15, 0.2) is 29.2 Å². The Morgan fingerprint density at radius 2 is 1.70 bits per heavy atom. The van der Waals surface area contributed by atoms with E-state index in [1.54, 1.807) is 0 Å². The summed E-state index contributed by atoms with van der Waals surface area (Å²) in [4.78, 5) is 23.4. The van der Waals surface area contributed by atoms with Crippen molar-refractivity contribution >= 4 is 21.9 Å². The van der Waals surface area contributed by atoms with E-state index in [-0.39, 0.29) is 42.3 Å². The zero-order chi connectivity index (χ0) is 20.4. The fourth-order valence-electron chi connectivity index (χ4n) is 2.73. The maximum Gasteiger partial charge on any atom is 0.310 e. The van der Waals surface area contributed by atoms with Gasteiger partial charge < -0.3 is 15.2 Å². The number of nitrogens with zero attached hydrogens (tertiary/aromatic N) is 1. The number of aliphatic carboxylic acids is 1. The molecule has 1 saturated heterocycles. The normalized spacial score (nSPS) is 21.6. The molecule has 0 radical (unpaired) electrons. The maximum atomic E-state index is 12.8. The summed E-state index contributed by atoms with van der Waals surface area (Å²) in [6.07, 6.45) is -0.377. The second kappa shape index (κ2) is 7.95. The Morgan fingerprint density at radius 3 is 2.19 bits per heavy atom. The van der Waals surface area contributed by atoms with Gasteiger partial charge in [-0.1, -0.05) is 0 Å². The number of hydrogen-bond acceptors (Lipinski definition) is 5. The molecule has 9 heteroatoms. The molecule has 0 saturated carbocycles. The van der Waals surface area contributed by atoms with E-state index in [0.717, 1.165) is 0 Å². The first kappa shape index (κ1) is 21.3. The molecule has 27 heavy (non-hydrogen) atoms.